The van der Waals surface area contributed by atoms with E-state index in [1.165, 1.54) is 0 Å². The van der Waals surface area contributed by atoms with Crippen molar-refractivity contribution in [2.75, 3.05) is 0 Å². The second-order valence-electron chi connectivity index (χ2n) is 3.74. The largest absolute Gasteiger partial charge is 0.423 e. The highest BCUT2D eigenvalue weighted by Crippen LogP contribution is 2.34. The maximum absolute atomic E-state index is 11.4. The number of benzene rings is 1. The van der Waals surface area contributed by atoms with Crippen LogP contribution in [0.5, 0.6) is 0 Å². The monoisotopic (exact) mass is 188 g/mol. The number of carbonyl (C=O) groups is 1. The van der Waals surface area contributed by atoms with Crippen LogP contribution in [0.25, 0.3) is 5.76 Å². The van der Waals surface area contributed by atoms with Crippen LogP contribution in [-0.2, 0) is 4.74 Å². The maximum atomic E-state index is 11.4. The summed E-state index contributed by atoms with van der Waals surface area (Å²) in [5.41, 5.74) is 2.65. The fourth-order valence-corrected chi connectivity index (χ4v) is 1.75. The molecule has 0 saturated carbocycles. The molecule has 2 nitrogen and oxygen atoms in total. The number of carbonyl (C=O) groups excluding carboxylic acids is 1. The zero-order valence-corrected chi connectivity index (χ0v) is 8.33. The summed E-state index contributed by atoms with van der Waals surface area (Å²) in [6, 6.07) is 5.67. The number of hydrogen-bond acceptors (Lipinski definition) is 2. The topological polar surface area (TPSA) is 26.3 Å². The molecule has 72 valence electrons. The van der Waals surface area contributed by atoms with Crippen LogP contribution < -0.4 is 0 Å². The Kier molecular flexibility index (Phi) is 1.92. The van der Waals surface area contributed by atoms with Gasteiger partial charge in [0.2, 0.25) is 0 Å². The second-order valence-corrected chi connectivity index (χ2v) is 3.74. The fraction of sp³-hybridized carbons (Fsp3) is 0.250. The van der Waals surface area contributed by atoms with Gasteiger partial charge < -0.3 is 4.74 Å². The van der Waals surface area contributed by atoms with Crippen LogP contribution in [0, 0.1) is 0 Å². The van der Waals surface area contributed by atoms with Crippen molar-refractivity contribution in [1.29, 1.82) is 0 Å². The Hall–Kier alpha value is -1.57. The third kappa shape index (κ3) is 1.15. The lowest BCUT2D eigenvalue weighted by atomic mass is 9.94. The van der Waals surface area contributed by atoms with Crippen molar-refractivity contribution < 1.29 is 9.53 Å². The molecule has 0 aromatic heterocycles. The van der Waals surface area contributed by atoms with Gasteiger partial charge in [0.05, 0.1) is 5.56 Å². The lowest BCUT2D eigenvalue weighted by Crippen LogP contribution is -1.96. The molecule has 0 amide bonds. The number of rotatable bonds is 1. The Morgan fingerprint density at radius 3 is 2.71 bits per heavy atom. The highest BCUT2D eigenvalue weighted by atomic mass is 16.5. The molecular weight excluding hydrogens is 176 g/mol. The molecule has 1 heterocycles. The van der Waals surface area contributed by atoms with E-state index in [4.69, 9.17) is 4.74 Å². The summed E-state index contributed by atoms with van der Waals surface area (Å²) < 4.78 is 4.99. The van der Waals surface area contributed by atoms with E-state index >= 15 is 0 Å². The molecule has 2 rings (SSSR count). The molecule has 1 aromatic carbocycles. The quantitative estimate of drug-likeness (QED) is 0.633. The molecule has 2 heteroatoms. The van der Waals surface area contributed by atoms with Crippen molar-refractivity contribution in [3.05, 3.63) is 41.5 Å². The van der Waals surface area contributed by atoms with E-state index in [0.717, 1.165) is 11.1 Å². The zero-order valence-electron chi connectivity index (χ0n) is 8.33. The van der Waals surface area contributed by atoms with Gasteiger partial charge in [-0.05, 0) is 17.5 Å². The van der Waals surface area contributed by atoms with Gasteiger partial charge in [0.15, 0.2) is 0 Å². The molecule has 0 saturated heterocycles. The number of fused-ring (bicyclic) bond motifs is 1. The smallest absolute Gasteiger partial charge is 0.344 e. The molecule has 0 spiro atoms. The van der Waals surface area contributed by atoms with Gasteiger partial charge in [-0.2, -0.15) is 0 Å². The van der Waals surface area contributed by atoms with Crippen molar-refractivity contribution in [2.24, 2.45) is 0 Å². The van der Waals surface area contributed by atoms with Gasteiger partial charge in [-0.25, -0.2) is 4.79 Å². The first-order valence-electron chi connectivity index (χ1n) is 4.65. The van der Waals surface area contributed by atoms with Crippen LogP contribution in [0.1, 0.15) is 41.3 Å². The third-order valence-electron chi connectivity index (χ3n) is 2.43. The number of esters is 1. The number of cyclic esters (lactones) is 1. The van der Waals surface area contributed by atoms with E-state index in [9.17, 15) is 4.79 Å². The van der Waals surface area contributed by atoms with E-state index in [1.54, 1.807) is 6.07 Å². The first kappa shape index (κ1) is 9.00. The summed E-state index contributed by atoms with van der Waals surface area (Å²) in [5.74, 6) is 0.568. The molecule has 0 N–H and O–H groups in total. The number of ether oxygens (including phenoxy) is 1. The van der Waals surface area contributed by atoms with Crippen molar-refractivity contribution in [3.8, 4) is 0 Å². The van der Waals surface area contributed by atoms with E-state index in [-0.39, 0.29) is 5.97 Å². The van der Waals surface area contributed by atoms with Gasteiger partial charge in [0.1, 0.15) is 5.76 Å². The van der Waals surface area contributed by atoms with Gasteiger partial charge in [-0.3, -0.25) is 0 Å². The normalized spacial score (nSPS) is 14.5. The van der Waals surface area contributed by atoms with Crippen LogP contribution in [0.3, 0.4) is 0 Å². The maximum Gasteiger partial charge on any atom is 0.344 e. The minimum atomic E-state index is -0.285. The fourth-order valence-electron chi connectivity index (χ4n) is 1.75. The molecule has 1 aromatic rings. The van der Waals surface area contributed by atoms with Crippen LogP contribution in [0.4, 0.5) is 0 Å². The summed E-state index contributed by atoms with van der Waals surface area (Å²) in [7, 11) is 0. The van der Waals surface area contributed by atoms with Gasteiger partial charge in [0.25, 0.3) is 0 Å². The number of hydrogen-bond donors (Lipinski definition) is 0. The Morgan fingerprint density at radius 1 is 1.36 bits per heavy atom. The molecule has 1 aliphatic rings. The Labute approximate surface area is 83.2 Å². The first-order valence-corrected chi connectivity index (χ1v) is 4.65. The van der Waals surface area contributed by atoms with Crippen molar-refractivity contribution in [1.82, 2.24) is 0 Å². The van der Waals surface area contributed by atoms with Crippen molar-refractivity contribution in [2.45, 2.75) is 19.8 Å². The summed E-state index contributed by atoms with van der Waals surface area (Å²) in [6.45, 7) is 7.92. The van der Waals surface area contributed by atoms with Crippen LogP contribution in [0.15, 0.2) is 24.8 Å². The SMILES string of the molecule is C=C1OC(=O)c2cccc(C(C)C)c21. The summed E-state index contributed by atoms with van der Waals surface area (Å²) >= 11 is 0. The summed E-state index contributed by atoms with van der Waals surface area (Å²) in [6.07, 6.45) is 0. The lowest BCUT2D eigenvalue weighted by molar-refractivity contribution is 0.0716. The van der Waals surface area contributed by atoms with Gasteiger partial charge >= 0.3 is 5.97 Å². The highest BCUT2D eigenvalue weighted by Gasteiger charge is 2.27. The van der Waals surface area contributed by atoms with Crippen LogP contribution in [-0.4, -0.2) is 5.97 Å². The predicted octanol–water partition coefficient (Wildman–Crippen LogP) is 2.95. The Morgan fingerprint density at radius 2 is 2.07 bits per heavy atom. The van der Waals surface area contributed by atoms with Crippen molar-refractivity contribution >= 4 is 11.7 Å². The molecule has 0 bridgehead atoms. The molecule has 0 aliphatic carbocycles. The average Bonchev–Trinajstić information content (AvgIpc) is 2.43. The predicted molar refractivity (Wildman–Crippen MR) is 55.0 cm³/mol. The molecule has 1 aliphatic heterocycles. The van der Waals surface area contributed by atoms with Crippen LogP contribution in [0.2, 0.25) is 0 Å². The first-order chi connectivity index (χ1) is 6.61. The third-order valence-corrected chi connectivity index (χ3v) is 2.43. The molecule has 0 unspecified atom stereocenters. The van der Waals surface area contributed by atoms with Crippen LogP contribution >= 0.6 is 0 Å². The Balaban J connectivity index is 2.68. The van der Waals surface area contributed by atoms with Crippen molar-refractivity contribution in [3.63, 3.8) is 0 Å². The second kappa shape index (κ2) is 2.98. The molecule has 0 fully saturated rings. The van der Waals surface area contributed by atoms with Gasteiger partial charge in [0, 0.05) is 5.56 Å². The standard InChI is InChI=1S/C12H12O2/c1-7(2)9-5-4-6-10-11(9)8(3)14-12(10)13/h4-7H,3H2,1-2H3. The van der Waals surface area contributed by atoms with Gasteiger partial charge in [-0.1, -0.05) is 32.6 Å². The van der Waals surface area contributed by atoms with E-state index in [2.05, 4.69) is 20.4 Å². The molecule has 14 heavy (non-hydrogen) atoms. The molecule has 0 atom stereocenters. The van der Waals surface area contributed by atoms with E-state index in [0.29, 0.717) is 17.2 Å². The summed E-state index contributed by atoms with van der Waals surface area (Å²) in [5, 5.41) is 0. The lowest BCUT2D eigenvalue weighted by Gasteiger charge is -2.09. The molecular formula is C12H12O2. The highest BCUT2D eigenvalue weighted by molar-refractivity contribution is 6.03. The summed E-state index contributed by atoms with van der Waals surface area (Å²) in [4.78, 5) is 11.4. The van der Waals surface area contributed by atoms with E-state index in [1.807, 2.05) is 12.1 Å². The average molecular weight is 188 g/mol. The Bertz CT molecular complexity index is 416. The molecule has 0 radical (unpaired) electrons. The minimum absolute atomic E-state index is 0.285. The van der Waals surface area contributed by atoms with E-state index < -0.39 is 0 Å². The minimum Gasteiger partial charge on any atom is -0.423 e. The zero-order chi connectivity index (χ0) is 10.3. The van der Waals surface area contributed by atoms with Gasteiger partial charge in [-0.15, -0.1) is 0 Å².